The van der Waals surface area contributed by atoms with Gasteiger partial charge < -0.3 is 10.0 Å². The number of nitrogens with zero attached hydrogens (tertiary/aromatic N) is 1. The van der Waals surface area contributed by atoms with Gasteiger partial charge in [0, 0.05) is 24.2 Å². The summed E-state index contributed by atoms with van der Waals surface area (Å²) in [6.07, 6.45) is -0.530. The lowest BCUT2D eigenvalue weighted by molar-refractivity contribution is 0.0703. The summed E-state index contributed by atoms with van der Waals surface area (Å²) in [5, 5.41) is 9.69. The van der Waals surface area contributed by atoms with Gasteiger partial charge in [0.05, 0.1) is 6.10 Å². The number of amides is 1. The van der Waals surface area contributed by atoms with Crippen molar-refractivity contribution >= 4 is 17.5 Å². The van der Waals surface area contributed by atoms with E-state index >= 15 is 0 Å². The summed E-state index contributed by atoms with van der Waals surface area (Å²) in [5.41, 5.74) is 0.533. The maximum atomic E-state index is 11.8. The number of aliphatic hydroxyl groups is 1. The molecule has 3 nitrogen and oxygen atoms in total. The van der Waals surface area contributed by atoms with Crippen LogP contribution in [0.3, 0.4) is 0 Å². The Morgan fingerprint density at radius 1 is 1.60 bits per heavy atom. The van der Waals surface area contributed by atoms with Gasteiger partial charge in [-0.1, -0.05) is 17.7 Å². The molecule has 1 atom stereocenters. The van der Waals surface area contributed by atoms with Gasteiger partial charge >= 0.3 is 0 Å². The summed E-state index contributed by atoms with van der Waals surface area (Å²) < 4.78 is 0. The molecule has 1 amide bonds. The average Bonchev–Trinajstić information content (AvgIpc) is 2.15. The van der Waals surface area contributed by atoms with Crippen LogP contribution < -0.4 is 0 Å². The number of carbonyl (C=O) groups excluding carboxylic acids is 1. The fourth-order valence-corrected chi connectivity index (χ4v) is 1.51. The highest BCUT2D eigenvalue weighted by molar-refractivity contribution is 6.30. The highest BCUT2D eigenvalue weighted by Crippen LogP contribution is 2.12. The molecule has 1 unspecified atom stereocenters. The maximum Gasteiger partial charge on any atom is 0.253 e. The van der Waals surface area contributed by atoms with Gasteiger partial charge in [-0.05, 0) is 25.1 Å². The van der Waals surface area contributed by atoms with E-state index in [0.717, 1.165) is 0 Å². The molecule has 0 saturated heterocycles. The van der Waals surface area contributed by atoms with Crippen molar-refractivity contribution in [3.8, 4) is 0 Å². The van der Waals surface area contributed by atoms with Gasteiger partial charge in [0.25, 0.3) is 5.91 Å². The molecule has 1 rings (SSSR count). The van der Waals surface area contributed by atoms with Crippen molar-refractivity contribution in [2.75, 3.05) is 13.6 Å². The standard InChI is InChI=1S/C11H14ClNO2/c1-8(14)7-13(2)11(15)9-4-3-5-10(12)6-9/h3-6,8,14H,7H2,1-2H3. The largest absolute Gasteiger partial charge is 0.392 e. The second-order valence-corrected chi connectivity index (χ2v) is 3.98. The van der Waals surface area contributed by atoms with Crippen LogP contribution in [0.25, 0.3) is 0 Å². The van der Waals surface area contributed by atoms with Crippen LogP contribution in [0.1, 0.15) is 17.3 Å². The van der Waals surface area contributed by atoms with Gasteiger partial charge in [0.2, 0.25) is 0 Å². The second-order valence-electron chi connectivity index (χ2n) is 3.55. The lowest BCUT2D eigenvalue weighted by atomic mass is 10.2. The number of benzene rings is 1. The molecule has 1 N–H and O–H groups in total. The van der Waals surface area contributed by atoms with Gasteiger partial charge in [-0.25, -0.2) is 0 Å². The Morgan fingerprint density at radius 2 is 2.27 bits per heavy atom. The van der Waals surface area contributed by atoms with E-state index in [1.165, 1.54) is 4.90 Å². The summed E-state index contributed by atoms with van der Waals surface area (Å²) in [7, 11) is 1.65. The fraction of sp³-hybridized carbons (Fsp3) is 0.364. The third kappa shape index (κ3) is 3.53. The molecule has 0 fully saturated rings. The van der Waals surface area contributed by atoms with E-state index in [-0.39, 0.29) is 5.91 Å². The Morgan fingerprint density at radius 3 is 2.80 bits per heavy atom. The van der Waals surface area contributed by atoms with Crippen molar-refractivity contribution in [2.24, 2.45) is 0 Å². The van der Waals surface area contributed by atoms with Crippen LogP contribution in [0.2, 0.25) is 5.02 Å². The molecular weight excluding hydrogens is 214 g/mol. The zero-order valence-electron chi connectivity index (χ0n) is 8.77. The molecule has 15 heavy (non-hydrogen) atoms. The van der Waals surface area contributed by atoms with Crippen LogP contribution in [0, 0.1) is 0 Å². The van der Waals surface area contributed by atoms with Crippen molar-refractivity contribution in [3.05, 3.63) is 34.9 Å². The first-order chi connectivity index (χ1) is 7.00. The highest BCUT2D eigenvalue weighted by Gasteiger charge is 2.13. The van der Waals surface area contributed by atoms with E-state index in [1.54, 1.807) is 38.2 Å². The van der Waals surface area contributed by atoms with Crippen LogP contribution in [0.5, 0.6) is 0 Å². The monoisotopic (exact) mass is 227 g/mol. The summed E-state index contributed by atoms with van der Waals surface area (Å²) in [6.45, 7) is 1.95. The second kappa shape index (κ2) is 5.14. The average molecular weight is 228 g/mol. The number of hydrogen-bond donors (Lipinski definition) is 1. The number of carbonyl (C=O) groups is 1. The smallest absolute Gasteiger partial charge is 0.253 e. The minimum absolute atomic E-state index is 0.140. The molecule has 0 heterocycles. The van der Waals surface area contributed by atoms with Gasteiger partial charge in [-0.2, -0.15) is 0 Å². The molecule has 0 radical (unpaired) electrons. The normalized spacial score (nSPS) is 12.3. The van der Waals surface area contributed by atoms with Gasteiger partial charge in [0.15, 0.2) is 0 Å². The molecule has 82 valence electrons. The Bertz CT molecular complexity index is 352. The molecule has 0 aromatic heterocycles. The Labute approximate surface area is 94.3 Å². The molecule has 0 spiro atoms. The molecule has 0 aliphatic rings. The quantitative estimate of drug-likeness (QED) is 0.856. The van der Waals surface area contributed by atoms with Crippen molar-refractivity contribution in [1.29, 1.82) is 0 Å². The van der Waals surface area contributed by atoms with E-state index < -0.39 is 6.10 Å². The molecule has 0 saturated carbocycles. The topological polar surface area (TPSA) is 40.5 Å². The molecular formula is C11H14ClNO2. The summed E-state index contributed by atoms with van der Waals surface area (Å²) >= 11 is 5.78. The number of rotatable bonds is 3. The van der Waals surface area contributed by atoms with Gasteiger partial charge in [-0.3, -0.25) is 4.79 Å². The fourth-order valence-electron chi connectivity index (χ4n) is 1.32. The van der Waals surface area contributed by atoms with Crippen LogP contribution in [-0.2, 0) is 0 Å². The summed E-state index contributed by atoms with van der Waals surface area (Å²) in [6, 6.07) is 6.76. The van der Waals surface area contributed by atoms with E-state index in [1.807, 2.05) is 0 Å². The van der Waals surface area contributed by atoms with Gasteiger partial charge in [0.1, 0.15) is 0 Å². The van der Waals surface area contributed by atoms with Crippen molar-refractivity contribution in [2.45, 2.75) is 13.0 Å². The van der Waals surface area contributed by atoms with Gasteiger partial charge in [-0.15, -0.1) is 0 Å². The predicted octanol–water partition coefficient (Wildman–Crippen LogP) is 1.79. The zero-order valence-corrected chi connectivity index (χ0v) is 9.53. The molecule has 4 heteroatoms. The molecule has 1 aromatic carbocycles. The lowest BCUT2D eigenvalue weighted by Crippen LogP contribution is -2.32. The van der Waals surface area contributed by atoms with Crippen molar-refractivity contribution in [1.82, 2.24) is 4.90 Å². The van der Waals surface area contributed by atoms with Crippen LogP contribution in [-0.4, -0.2) is 35.6 Å². The summed E-state index contributed by atoms with van der Waals surface area (Å²) in [4.78, 5) is 13.3. The third-order valence-electron chi connectivity index (χ3n) is 1.96. The minimum atomic E-state index is -0.530. The van der Waals surface area contributed by atoms with E-state index in [2.05, 4.69) is 0 Å². The Hall–Kier alpha value is -1.06. The third-order valence-corrected chi connectivity index (χ3v) is 2.19. The first-order valence-corrected chi connectivity index (χ1v) is 5.07. The lowest BCUT2D eigenvalue weighted by Gasteiger charge is -2.18. The first kappa shape index (κ1) is 12.0. The van der Waals surface area contributed by atoms with E-state index in [4.69, 9.17) is 16.7 Å². The number of likely N-dealkylation sites (N-methyl/N-ethyl adjacent to an activating group) is 1. The van der Waals surface area contributed by atoms with Crippen molar-refractivity contribution in [3.63, 3.8) is 0 Å². The molecule has 1 aromatic rings. The number of halogens is 1. The Kier molecular flexibility index (Phi) is 4.12. The van der Waals surface area contributed by atoms with Crippen LogP contribution >= 0.6 is 11.6 Å². The molecule has 0 bridgehead atoms. The minimum Gasteiger partial charge on any atom is -0.392 e. The van der Waals surface area contributed by atoms with E-state index in [9.17, 15) is 4.79 Å². The molecule has 0 aliphatic heterocycles. The molecule has 0 aliphatic carbocycles. The van der Waals surface area contributed by atoms with E-state index in [0.29, 0.717) is 17.1 Å². The predicted molar refractivity (Wildman–Crippen MR) is 60.1 cm³/mol. The van der Waals surface area contributed by atoms with Crippen LogP contribution in [0.4, 0.5) is 0 Å². The highest BCUT2D eigenvalue weighted by atomic mass is 35.5. The van der Waals surface area contributed by atoms with Crippen LogP contribution in [0.15, 0.2) is 24.3 Å². The summed E-state index contributed by atoms with van der Waals surface area (Å²) in [5.74, 6) is -0.140. The first-order valence-electron chi connectivity index (χ1n) is 4.70. The maximum absolute atomic E-state index is 11.8. The number of hydrogen-bond acceptors (Lipinski definition) is 2. The van der Waals surface area contributed by atoms with Crippen molar-refractivity contribution < 1.29 is 9.90 Å². The zero-order chi connectivity index (χ0) is 11.4. The SMILES string of the molecule is CC(O)CN(C)C(=O)c1cccc(Cl)c1. The Balaban J connectivity index is 2.76. The number of aliphatic hydroxyl groups excluding tert-OH is 1.